The van der Waals surface area contributed by atoms with Crippen molar-refractivity contribution in [3.63, 3.8) is 0 Å². The van der Waals surface area contributed by atoms with Crippen molar-refractivity contribution in [2.75, 3.05) is 6.61 Å². The summed E-state index contributed by atoms with van der Waals surface area (Å²) in [6.07, 6.45) is -3.73. The summed E-state index contributed by atoms with van der Waals surface area (Å²) in [5.41, 5.74) is -3.38. The molecule has 1 unspecified atom stereocenters. The quantitative estimate of drug-likeness (QED) is 0.265. The number of benzene rings is 2. The van der Waals surface area contributed by atoms with Crippen LogP contribution in [0.1, 0.15) is 25.6 Å². The molecule has 2 aromatic carbocycles. The third-order valence-corrected chi connectivity index (χ3v) is 7.03. The van der Waals surface area contributed by atoms with Crippen LogP contribution in [0.4, 0.5) is 8.78 Å². The maximum atomic E-state index is 15.4. The summed E-state index contributed by atoms with van der Waals surface area (Å²) >= 11 is 0. The van der Waals surface area contributed by atoms with Crippen molar-refractivity contribution in [2.24, 2.45) is 4.74 Å². The molecular formula is C26H26F2N3O9P. The molecule has 2 N–H and O–H groups in total. The topological polar surface area (TPSA) is 164 Å². The Morgan fingerprint density at radius 1 is 1.24 bits per heavy atom. The number of esters is 1. The summed E-state index contributed by atoms with van der Waals surface area (Å²) < 4.78 is 55.4. The highest BCUT2D eigenvalue weighted by molar-refractivity contribution is 7.34. The van der Waals surface area contributed by atoms with Crippen LogP contribution in [0, 0.1) is 5.82 Å². The van der Waals surface area contributed by atoms with Gasteiger partial charge in [-0.1, -0.05) is 35.1 Å². The smallest absolute Gasteiger partial charge is 0.395 e. The third-order valence-electron chi connectivity index (χ3n) is 6.14. The molecule has 1 fully saturated rings. The van der Waals surface area contributed by atoms with E-state index in [0.29, 0.717) is 0 Å². The SMILES string of the molecule is C[C@H](N=[P+]([O-])Oc1ccc(F)cc1OC[C@H]1O[C@@H](n2ccc(=O)[nH]c2=O)[C@](C)(F)[C@@H]1O)C(=O)OCc1ccccc1. The third kappa shape index (κ3) is 7.22. The van der Waals surface area contributed by atoms with E-state index in [4.69, 9.17) is 18.7 Å². The summed E-state index contributed by atoms with van der Waals surface area (Å²) in [6.45, 7) is 1.83. The lowest BCUT2D eigenvalue weighted by atomic mass is 9.98. The summed E-state index contributed by atoms with van der Waals surface area (Å²) in [7, 11) is -2.84. The molecule has 218 valence electrons. The number of hydrogen-bond donors (Lipinski definition) is 2. The van der Waals surface area contributed by atoms with Crippen LogP contribution in [-0.2, 0) is 20.9 Å². The Morgan fingerprint density at radius 2 is 1.98 bits per heavy atom. The van der Waals surface area contributed by atoms with Crippen LogP contribution in [0.3, 0.4) is 0 Å². The minimum atomic E-state index is -2.84. The fraction of sp³-hybridized carbons (Fsp3) is 0.346. The van der Waals surface area contributed by atoms with Gasteiger partial charge < -0.3 is 24.2 Å². The van der Waals surface area contributed by atoms with Crippen molar-refractivity contribution in [2.45, 2.75) is 50.6 Å². The molecule has 15 heteroatoms. The van der Waals surface area contributed by atoms with E-state index in [1.54, 1.807) is 24.3 Å². The average Bonchev–Trinajstić information content (AvgIpc) is 3.15. The highest BCUT2D eigenvalue weighted by Crippen LogP contribution is 2.41. The molecular weight excluding hydrogens is 567 g/mol. The second kappa shape index (κ2) is 12.7. The van der Waals surface area contributed by atoms with E-state index in [2.05, 4.69) is 4.74 Å². The number of carbonyl (C=O) groups is 1. The highest BCUT2D eigenvalue weighted by atomic mass is 31.1. The summed E-state index contributed by atoms with van der Waals surface area (Å²) in [6, 6.07) is 11.8. The standard InChI is InChI=1S/C26H26F2N3O9P/c1-15(23(34)38-13-16-6-4-3-5-7-16)30-41(36)40-18-9-8-17(27)12-19(18)37-14-20-22(33)26(2,28)24(39-20)31-11-10-21(32)29-25(31)35/h3-12,15,20,22,24,33H,13-14H2,1-2H3,(H,29,32,35)/t15-,20+,22+,24+,26+/m0/s1. The second-order valence-corrected chi connectivity index (χ2v) is 10.1. The molecule has 0 saturated carbocycles. The van der Waals surface area contributed by atoms with E-state index in [0.717, 1.165) is 47.5 Å². The number of rotatable bonds is 10. The number of carbonyl (C=O) groups excluding carboxylic acids is 1. The Hall–Kier alpha value is -3.97. The van der Waals surface area contributed by atoms with E-state index in [1.165, 1.54) is 6.92 Å². The zero-order valence-corrected chi connectivity index (χ0v) is 22.7. The van der Waals surface area contributed by atoms with Crippen LogP contribution in [-0.4, -0.2) is 51.2 Å². The number of H-pyrrole nitrogens is 1. The first kappa shape index (κ1) is 30.0. The summed E-state index contributed by atoms with van der Waals surface area (Å²) in [5, 5.41) is 10.5. The fourth-order valence-corrected chi connectivity index (χ4v) is 4.69. The van der Waals surface area contributed by atoms with Gasteiger partial charge in [-0.15, -0.1) is 0 Å². The zero-order chi connectivity index (χ0) is 29.7. The predicted molar refractivity (Wildman–Crippen MR) is 138 cm³/mol. The number of nitrogens with zero attached hydrogens (tertiary/aromatic N) is 2. The molecule has 41 heavy (non-hydrogen) atoms. The van der Waals surface area contributed by atoms with Crippen molar-refractivity contribution < 1.29 is 42.3 Å². The molecule has 1 aromatic heterocycles. The molecule has 0 spiro atoms. The Labute approximate surface area is 232 Å². The van der Waals surface area contributed by atoms with E-state index in [1.807, 2.05) is 11.1 Å². The minimum Gasteiger partial charge on any atom is -0.575 e. The van der Waals surface area contributed by atoms with Gasteiger partial charge in [0.2, 0.25) is 5.75 Å². The summed E-state index contributed by atoms with van der Waals surface area (Å²) in [4.78, 5) is 50.2. The molecule has 1 saturated heterocycles. The fourth-order valence-electron chi connectivity index (χ4n) is 3.95. The first-order valence-electron chi connectivity index (χ1n) is 12.3. The van der Waals surface area contributed by atoms with E-state index >= 15 is 4.39 Å². The molecule has 0 aliphatic carbocycles. The Morgan fingerprint density at radius 3 is 2.68 bits per heavy atom. The number of hydrogen-bond acceptors (Lipinski definition) is 10. The van der Waals surface area contributed by atoms with Crippen LogP contribution < -0.4 is 25.4 Å². The number of halogens is 2. The van der Waals surface area contributed by atoms with Gasteiger partial charge in [0.1, 0.15) is 31.2 Å². The van der Waals surface area contributed by atoms with Crippen molar-refractivity contribution >= 4 is 14.1 Å². The van der Waals surface area contributed by atoms with Crippen molar-refractivity contribution in [1.29, 1.82) is 0 Å². The number of aliphatic hydroxyl groups is 1. The van der Waals surface area contributed by atoms with Gasteiger partial charge in [-0.25, -0.2) is 18.4 Å². The van der Waals surface area contributed by atoms with Gasteiger partial charge in [-0.2, -0.15) is 0 Å². The van der Waals surface area contributed by atoms with Crippen LogP contribution in [0.2, 0.25) is 0 Å². The molecule has 12 nitrogen and oxygen atoms in total. The van der Waals surface area contributed by atoms with Gasteiger partial charge in [0.15, 0.2) is 23.7 Å². The average molecular weight is 593 g/mol. The van der Waals surface area contributed by atoms with Gasteiger partial charge in [-0.3, -0.25) is 18.9 Å². The number of ether oxygens (including phenoxy) is 3. The Kier molecular flexibility index (Phi) is 9.28. The molecule has 2 heterocycles. The van der Waals surface area contributed by atoms with Gasteiger partial charge in [0.05, 0.1) is 0 Å². The first-order valence-corrected chi connectivity index (χ1v) is 13.4. The lowest BCUT2D eigenvalue weighted by molar-refractivity contribution is -0.169. The van der Waals surface area contributed by atoms with E-state index in [-0.39, 0.29) is 18.1 Å². The van der Waals surface area contributed by atoms with E-state index in [9.17, 15) is 28.8 Å². The minimum absolute atomic E-state index is 0.00214. The number of aromatic nitrogens is 2. The van der Waals surface area contributed by atoms with Gasteiger partial charge in [0.25, 0.3) is 5.56 Å². The predicted octanol–water partition coefficient (Wildman–Crippen LogP) is 2.11. The maximum absolute atomic E-state index is 15.4. The largest absolute Gasteiger partial charge is 0.575 e. The zero-order valence-electron chi connectivity index (χ0n) is 21.8. The van der Waals surface area contributed by atoms with Crippen LogP contribution in [0.5, 0.6) is 11.5 Å². The first-order chi connectivity index (χ1) is 19.5. The van der Waals surface area contributed by atoms with Gasteiger partial charge in [-0.05, 0) is 31.5 Å². The molecule has 0 amide bonds. The molecule has 4 rings (SSSR count). The van der Waals surface area contributed by atoms with Crippen LogP contribution >= 0.6 is 8.17 Å². The highest BCUT2D eigenvalue weighted by Gasteiger charge is 2.55. The summed E-state index contributed by atoms with van der Waals surface area (Å²) in [5.74, 6) is -1.98. The molecule has 6 atom stereocenters. The van der Waals surface area contributed by atoms with Crippen molar-refractivity contribution in [1.82, 2.24) is 9.55 Å². The lowest BCUT2D eigenvalue weighted by Crippen LogP contribution is -2.43. The number of aliphatic hydroxyl groups excluding tert-OH is 1. The maximum Gasteiger partial charge on any atom is 0.395 e. The van der Waals surface area contributed by atoms with Gasteiger partial charge >= 0.3 is 19.8 Å². The van der Waals surface area contributed by atoms with Crippen molar-refractivity contribution in [3.05, 3.63) is 93.0 Å². The van der Waals surface area contributed by atoms with Crippen LogP contribution in [0.25, 0.3) is 0 Å². The number of aromatic amines is 1. The Balaban J connectivity index is 1.42. The second-order valence-electron chi connectivity index (χ2n) is 9.26. The molecule has 0 bridgehead atoms. The molecule has 0 radical (unpaired) electrons. The van der Waals surface area contributed by atoms with Gasteiger partial charge in [0, 0.05) is 18.3 Å². The molecule has 3 aromatic rings. The monoisotopic (exact) mass is 593 g/mol. The molecule has 1 aliphatic rings. The van der Waals surface area contributed by atoms with E-state index < -0.39 is 68.0 Å². The molecule has 1 aliphatic heterocycles. The number of nitrogens with one attached hydrogen (secondary N) is 1. The lowest BCUT2D eigenvalue weighted by Gasteiger charge is -2.24. The van der Waals surface area contributed by atoms with Crippen molar-refractivity contribution in [3.8, 4) is 11.5 Å². The Bertz CT molecular complexity index is 1530. The van der Waals surface area contributed by atoms with Crippen LogP contribution in [0.15, 0.2) is 75.1 Å². The normalized spacial score (nSPS) is 23.2. The number of alkyl halides is 1.